The predicted molar refractivity (Wildman–Crippen MR) is 80.3 cm³/mol. The number of nitrogens with zero attached hydrogens (tertiary/aromatic N) is 3. The Bertz CT molecular complexity index is 427. The number of amides is 1. The molecule has 1 fully saturated rings. The number of carbonyl (C=O) groups is 2. The number of carbonyl (C=O) groups excluding carboxylic acids is 2. The lowest BCUT2D eigenvalue weighted by Gasteiger charge is -2.42. The number of primary amides is 1. The van der Waals surface area contributed by atoms with E-state index in [4.69, 9.17) is 5.73 Å². The minimum atomic E-state index is -0.453. The van der Waals surface area contributed by atoms with Gasteiger partial charge in [0.05, 0.1) is 6.54 Å². The molecule has 21 heavy (non-hydrogen) atoms. The van der Waals surface area contributed by atoms with Crippen molar-refractivity contribution in [1.29, 1.82) is 0 Å². The van der Waals surface area contributed by atoms with Crippen LogP contribution >= 0.6 is 0 Å². The normalized spacial score (nSPS) is 27.1. The third-order valence-corrected chi connectivity index (χ3v) is 4.36. The maximum Gasteiger partial charge on any atom is 0.268 e. The van der Waals surface area contributed by atoms with Crippen molar-refractivity contribution in [1.82, 2.24) is 15.1 Å². The van der Waals surface area contributed by atoms with E-state index < -0.39 is 5.91 Å². The monoisotopic (exact) mass is 294 g/mol. The summed E-state index contributed by atoms with van der Waals surface area (Å²) in [6.45, 7) is 6.48. The van der Waals surface area contributed by atoms with Crippen molar-refractivity contribution in [3.05, 3.63) is 11.9 Å². The zero-order valence-electron chi connectivity index (χ0n) is 13.2. The van der Waals surface area contributed by atoms with Gasteiger partial charge < -0.3 is 10.5 Å². The summed E-state index contributed by atoms with van der Waals surface area (Å²) in [5.74, 6) is 0.301. The maximum atomic E-state index is 11.7. The van der Waals surface area contributed by atoms with Gasteiger partial charge in [-0.05, 0) is 45.4 Å². The molecule has 1 aliphatic carbocycles. The van der Waals surface area contributed by atoms with Crippen LogP contribution in [-0.4, -0.2) is 46.0 Å². The van der Waals surface area contributed by atoms with Crippen molar-refractivity contribution in [3.63, 3.8) is 0 Å². The fourth-order valence-electron chi connectivity index (χ4n) is 3.26. The summed E-state index contributed by atoms with van der Waals surface area (Å²) >= 11 is 0. The van der Waals surface area contributed by atoms with Gasteiger partial charge in [0.1, 0.15) is 12.0 Å². The summed E-state index contributed by atoms with van der Waals surface area (Å²) < 4.78 is 0. The minimum Gasteiger partial charge on any atom is -0.364 e. The summed E-state index contributed by atoms with van der Waals surface area (Å²) in [7, 11) is 0. The van der Waals surface area contributed by atoms with E-state index in [2.05, 4.69) is 6.92 Å². The number of hydrogen-bond donors (Lipinski definition) is 1. The van der Waals surface area contributed by atoms with Gasteiger partial charge in [-0.2, -0.15) is 0 Å². The van der Waals surface area contributed by atoms with E-state index in [-0.39, 0.29) is 12.6 Å². The molecule has 1 heterocycles. The SMILES string of the molecule is CC1CCC(N2C=C(C(N)=O)N(C(C)C)N2CC=O)CC1. The highest BCUT2D eigenvalue weighted by Gasteiger charge is 2.38. The molecule has 0 spiro atoms. The number of nitrogens with two attached hydrogens (primary N) is 1. The Hall–Kier alpha value is -1.56. The lowest BCUT2D eigenvalue weighted by molar-refractivity contribution is -0.160. The maximum absolute atomic E-state index is 11.7. The molecular formula is C15H26N4O2. The molecule has 0 bridgehead atoms. The van der Waals surface area contributed by atoms with Gasteiger partial charge in [-0.25, -0.2) is 0 Å². The molecule has 2 N–H and O–H groups in total. The van der Waals surface area contributed by atoms with Crippen LogP contribution in [-0.2, 0) is 9.59 Å². The van der Waals surface area contributed by atoms with Crippen LogP contribution < -0.4 is 5.73 Å². The molecule has 6 heteroatoms. The van der Waals surface area contributed by atoms with Crippen LogP contribution in [0, 0.1) is 5.92 Å². The lowest BCUT2D eigenvalue weighted by Crippen LogP contribution is -2.53. The highest BCUT2D eigenvalue weighted by molar-refractivity contribution is 5.91. The topological polar surface area (TPSA) is 69.9 Å². The number of hydrazine groups is 2. The van der Waals surface area contributed by atoms with Crippen LogP contribution in [0.15, 0.2) is 11.9 Å². The Morgan fingerprint density at radius 3 is 2.48 bits per heavy atom. The van der Waals surface area contributed by atoms with Crippen LogP contribution in [0.2, 0.25) is 0 Å². The average molecular weight is 294 g/mol. The first kappa shape index (κ1) is 15.8. The minimum absolute atomic E-state index is 0.0659. The van der Waals surface area contributed by atoms with Crippen LogP contribution in [0.1, 0.15) is 46.5 Å². The molecule has 1 saturated carbocycles. The van der Waals surface area contributed by atoms with E-state index in [0.29, 0.717) is 11.7 Å². The Labute approximate surface area is 126 Å². The third kappa shape index (κ3) is 3.20. The van der Waals surface area contributed by atoms with Crippen molar-refractivity contribution in [3.8, 4) is 0 Å². The Kier molecular flexibility index (Phi) is 4.88. The predicted octanol–water partition coefficient (Wildman–Crippen LogP) is 1.25. The van der Waals surface area contributed by atoms with Gasteiger partial charge in [-0.1, -0.05) is 6.92 Å². The highest BCUT2D eigenvalue weighted by atomic mass is 16.2. The summed E-state index contributed by atoms with van der Waals surface area (Å²) in [5, 5.41) is 5.73. The molecule has 0 radical (unpaired) electrons. The van der Waals surface area contributed by atoms with Crippen molar-refractivity contribution >= 4 is 12.2 Å². The van der Waals surface area contributed by atoms with E-state index in [9.17, 15) is 9.59 Å². The van der Waals surface area contributed by atoms with Gasteiger partial charge in [-0.3, -0.25) is 14.8 Å². The molecule has 0 aromatic carbocycles. The largest absolute Gasteiger partial charge is 0.364 e. The third-order valence-electron chi connectivity index (χ3n) is 4.36. The van der Waals surface area contributed by atoms with E-state index in [0.717, 1.165) is 25.0 Å². The van der Waals surface area contributed by atoms with Gasteiger partial charge in [0.2, 0.25) is 0 Å². The number of rotatable bonds is 5. The molecule has 1 amide bonds. The van der Waals surface area contributed by atoms with Crippen molar-refractivity contribution < 1.29 is 9.59 Å². The standard InChI is InChI=1S/C15H26N4O2/c1-11(2)19-14(15(16)21)10-17(18(19)8-9-20)13-6-4-12(3)5-7-13/h9-13H,4-8H2,1-3H3,(H2,16,21). The Morgan fingerprint density at radius 2 is 2.00 bits per heavy atom. The fourth-order valence-corrected chi connectivity index (χ4v) is 3.26. The smallest absolute Gasteiger partial charge is 0.268 e. The molecule has 0 saturated heterocycles. The summed E-state index contributed by atoms with van der Waals surface area (Å²) in [5.41, 5.74) is 5.97. The van der Waals surface area contributed by atoms with Crippen molar-refractivity contribution in [2.75, 3.05) is 6.54 Å². The summed E-state index contributed by atoms with van der Waals surface area (Å²) in [6, 6.07) is 0.399. The van der Waals surface area contributed by atoms with Gasteiger partial charge in [0, 0.05) is 18.3 Å². The van der Waals surface area contributed by atoms with Crippen LogP contribution in [0.4, 0.5) is 0 Å². The first-order chi connectivity index (χ1) is 9.95. The molecule has 2 aliphatic rings. The first-order valence-corrected chi connectivity index (χ1v) is 7.75. The van der Waals surface area contributed by atoms with Gasteiger partial charge >= 0.3 is 0 Å². The van der Waals surface area contributed by atoms with Crippen LogP contribution in [0.5, 0.6) is 0 Å². The second kappa shape index (κ2) is 6.47. The summed E-state index contributed by atoms with van der Waals surface area (Å²) in [6.07, 6.45) is 7.18. The van der Waals surface area contributed by atoms with E-state index in [1.54, 1.807) is 0 Å². The van der Waals surface area contributed by atoms with Crippen molar-refractivity contribution in [2.24, 2.45) is 11.7 Å². The van der Waals surface area contributed by atoms with Crippen LogP contribution in [0.25, 0.3) is 0 Å². The molecule has 0 atom stereocenters. The molecule has 0 aromatic heterocycles. The Morgan fingerprint density at radius 1 is 1.38 bits per heavy atom. The van der Waals surface area contributed by atoms with Gasteiger partial charge in [0.25, 0.3) is 5.91 Å². The molecular weight excluding hydrogens is 268 g/mol. The molecule has 1 aliphatic heterocycles. The lowest BCUT2D eigenvalue weighted by atomic mass is 9.87. The molecule has 2 rings (SSSR count). The van der Waals surface area contributed by atoms with Gasteiger partial charge in [0.15, 0.2) is 0 Å². The van der Waals surface area contributed by atoms with E-state index in [1.807, 2.05) is 35.2 Å². The van der Waals surface area contributed by atoms with E-state index >= 15 is 0 Å². The zero-order valence-corrected chi connectivity index (χ0v) is 13.2. The average Bonchev–Trinajstić information content (AvgIpc) is 2.80. The second-order valence-corrected chi connectivity index (χ2v) is 6.33. The number of hydrogen-bond acceptors (Lipinski definition) is 5. The zero-order chi connectivity index (χ0) is 15.6. The van der Waals surface area contributed by atoms with E-state index in [1.165, 1.54) is 12.8 Å². The fraction of sp³-hybridized carbons (Fsp3) is 0.733. The second-order valence-electron chi connectivity index (χ2n) is 6.33. The van der Waals surface area contributed by atoms with Crippen molar-refractivity contribution in [2.45, 2.75) is 58.5 Å². The van der Waals surface area contributed by atoms with Gasteiger partial charge in [-0.15, -0.1) is 5.12 Å². The Balaban J connectivity index is 2.24. The first-order valence-electron chi connectivity index (χ1n) is 7.75. The highest BCUT2D eigenvalue weighted by Crippen LogP contribution is 2.33. The van der Waals surface area contributed by atoms with Crippen LogP contribution in [0.3, 0.4) is 0 Å². The molecule has 0 aromatic rings. The quantitative estimate of drug-likeness (QED) is 0.773. The molecule has 0 unspecified atom stereocenters. The molecule has 6 nitrogen and oxygen atoms in total. The summed E-state index contributed by atoms with van der Waals surface area (Å²) in [4.78, 5) is 22.8. The molecule has 118 valence electrons. The number of aldehydes is 1.